The Kier molecular flexibility index (Phi) is 5.46. The van der Waals surface area contributed by atoms with E-state index in [0.717, 1.165) is 6.07 Å². The van der Waals surface area contributed by atoms with Gasteiger partial charge in [0.25, 0.3) is 15.9 Å². The number of anilines is 2. The van der Waals surface area contributed by atoms with Crippen LogP contribution in [0, 0.1) is 12.7 Å². The second kappa shape index (κ2) is 7.82. The number of carbonyl (C=O) groups excluding carboxylic acids is 1. The Morgan fingerprint density at radius 1 is 0.964 bits per heavy atom. The van der Waals surface area contributed by atoms with Crippen molar-refractivity contribution in [2.24, 2.45) is 0 Å². The first-order valence-corrected chi connectivity index (χ1v) is 9.94. The van der Waals surface area contributed by atoms with Gasteiger partial charge in [0.15, 0.2) is 0 Å². The summed E-state index contributed by atoms with van der Waals surface area (Å²) in [6.45, 7) is 1.61. The molecular weight excluding hydrogens is 379 g/mol. The van der Waals surface area contributed by atoms with Gasteiger partial charge in [-0.05, 0) is 55.0 Å². The summed E-state index contributed by atoms with van der Waals surface area (Å²) in [5, 5.41) is 2.61. The summed E-state index contributed by atoms with van der Waals surface area (Å²) >= 11 is 0. The Balaban J connectivity index is 1.85. The highest BCUT2D eigenvalue weighted by molar-refractivity contribution is 7.92. The largest absolute Gasteiger partial charge is 0.322 e. The van der Waals surface area contributed by atoms with Gasteiger partial charge in [0, 0.05) is 18.3 Å². The number of para-hydroxylation sites is 1. The smallest absolute Gasteiger partial charge is 0.264 e. The lowest BCUT2D eigenvalue weighted by molar-refractivity contribution is 0.102. The van der Waals surface area contributed by atoms with Crippen LogP contribution in [0.15, 0.2) is 77.7 Å². The van der Waals surface area contributed by atoms with E-state index in [0.29, 0.717) is 16.9 Å². The molecule has 0 aromatic heterocycles. The minimum atomic E-state index is -3.81. The summed E-state index contributed by atoms with van der Waals surface area (Å²) < 4.78 is 40.6. The molecule has 0 saturated carbocycles. The highest BCUT2D eigenvalue weighted by Crippen LogP contribution is 2.24. The maximum Gasteiger partial charge on any atom is 0.264 e. The van der Waals surface area contributed by atoms with E-state index in [4.69, 9.17) is 0 Å². The van der Waals surface area contributed by atoms with Crippen LogP contribution in [0.1, 0.15) is 15.9 Å². The fraction of sp³-hybridized carbons (Fsp3) is 0.0952. The average Bonchev–Trinajstić information content (AvgIpc) is 2.70. The highest BCUT2D eigenvalue weighted by Gasteiger charge is 2.21. The zero-order chi connectivity index (χ0) is 20.3. The van der Waals surface area contributed by atoms with Crippen molar-refractivity contribution in [3.8, 4) is 0 Å². The van der Waals surface area contributed by atoms with Gasteiger partial charge in [-0.3, -0.25) is 9.10 Å². The Hall–Kier alpha value is -3.19. The summed E-state index contributed by atoms with van der Waals surface area (Å²) in [7, 11) is -2.34. The lowest BCUT2D eigenvalue weighted by Crippen LogP contribution is -2.26. The van der Waals surface area contributed by atoms with Crippen molar-refractivity contribution < 1.29 is 17.6 Å². The zero-order valence-electron chi connectivity index (χ0n) is 15.4. The first-order chi connectivity index (χ1) is 13.3. The molecular formula is C21H19FN2O3S. The predicted octanol–water partition coefficient (Wildman–Crippen LogP) is 4.21. The van der Waals surface area contributed by atoms with Gasteiger partial charge >= 0.3 is 0 Å². The molecule has 28 heavy (non-hydrogen) atoms. The number of carbonyl (C=O) groups is 1. The van der Waals surface area contributed by atoms with Crippen molar-refractivity contribution in [1.29, 1.82) is 0 Å². The van der Waals surface area contributed by atoms with Crippen molar-refractivity contribution >= 4 is 27.3 Å². The van der Waals surface area contributed by atoms with Crippen LogP contribution in [0.5, 0.6) is 0 Å². The maximum absolute atomic E-state index is 13.7. The Bertz CT molecular complexity index is 1120. The van der Waals surface area contributed by atoms with E-state index in [1.54, 1.807) is 43.3 Å². The number of nitrogens with one attached hydrogen (secondary N) is 1. The van der Waals surface area contributed by atoms with E-state index in [-0.39, 0.29) is 10.5 Å². The standard InChI is InChI=1S/C21H19FN2O3S/c1-15-11-12-16(13-20(15)22)21(25)23-17-7-6-10-19(14-17)28(26,27)24(2)18-8-4-3-5-9-18/h3-14H,1-2H3,(H,23,25). The molecule has 0 atom stereocenters. The molecule has 0 saturated heterocycles. The van der Waals surface area contributed by atoms with Crippen LogP contribution in [0.3, 0.4) is 0 Å². The number of nitrogens with zero attached hydrogens (tertiary/aromatic N) is 1. The van der Waals surface area contributed by atoms with Gasteiger partial charge in [-0.15, -0.1) is 0 Å². The lowest BCUT2D eigenvalue weighted by atomic mass is 10.1. The number of rotatable bonds is 5. The van der Waals surface area contributed by atoms with Gasteiger partial charge in [-0.25, -0.2) is 12.8 Å². The topological polar surface area (TPSA) is 66.5 Å². The number of hydrogen-bond acceptors (Lipinski definition) is 3. The van der Waals surface area contributed by atoms with E-state index in [9.17, 15) is 17.6 Å². The molecule has 1 amide bonds. The number of amides is 1. The third kappa shape index (κ3) is 4.04. The summed E-state index contributed by atoms with van der Waals surface area (Å²) in [6.07, 6.45) is 0. The van der Waals surface area contributed by atoms with Crippen molar-refractivity contribution in [2.45, 2.75) is 11.8 Å². The highest BCUT2D eigenvalue weighted by atomic mass is 32.2. The van der Waals surface area contributed by atoms with Gasteiger partial charge in [0.2, 0.25) is 0 Å². The van der Waals surface area contributed by atoms with E-state index in [1.165, 1.54) is 41.7 Å². The lowest BCUT2D eigenvalue weighted by Gasteiger charge is -2.20. The maximum atomic E-state index is 13.7. The monoisotopic (exact) mass is 398 g/mol. The molecule has 0 heterocycles. The number of halogens is 1. The van der Waals surface area contributed by atoms with Gasteiger partial charge in [0.1, 0.15) is 5.82 Å². The van der Waals surface area contributed by atoms with Crippen molar-refractivity contribution in [3.63, 3.8) is 0 Å². The molecule has 0 aliphatic carbocycles. The molecule has 0 unspecified atom stereocenters. The third-order valence-corrected chi connectivity index (χ3v) is 6.09. The second-order valence-corrected chi connectivity index (χ2v) is 8.22. The van der Waals surface area contributed by atoms with Gasteiger partial charge in [-0.2, -0.15) is 0 Å². The fourth-order valence-electron chi connectivity index (χ4n) is 2.61. The van der Waals surface area contributed by atoms with Crippen LogP contribution in [0.2, 0.25) is 0 Å². The minimum Gasteiger partial charge on any atom is -0.322 e. The Morgan fingerprint density at radius 2 is 1.68 bits per heavy atom. The van der Waals surface area contributed by atoms with Crippen LogP contribution >= 0.6 is 0 Å². The summed E-state index contributed by atoms with van der Waals surface area (Å²) in [5.74, 6) is -1.00. The molecule has 3 aromatic carbocycles. The molecule has 3 aromatic rings. The summed E-state index contributed by atoms with van der Waals surface area (Å²) in [6, 6.07) is 18.8. The molecule has 144 valence electrons. The molecule has 0 radical (unpaired) electrons. The molecule has 3 rings (SSSR count). The summed E-state index contributed by atoms with van der Waals surface area (Å²) in [5.41, 5.74) is 1.41. The van der Waals surface area contributed by atoms with E-state index >= 15 is 0 Å². The van der Waals surface area contributed by atoms with Gasteiger partial charge < -0.3 is 5.32 Å². The first-order valence-electron chi connectivity index (χ1n) is 8.50. The van der Waals surface area contributed by atoms with Crippen LogP contribution in [-0.2, 0) is 10.0 Å². The Labute approximate surface area is 163 Å². The predicted molar refractivity (Wildman–Crippen MR) is 108 cm³/mol. The summed E-state index contributed by atoms with van der Waals surface area (Å²) in [4.78, 5) is 12.4. The van der Waals surface area contributed by atoms with Gasteiger partial charge in [0.05, 0.1) is 10.6 Å². The molecule has 0 aliphatic heterocycles. The molecule has 5 nitrogen and oxygen atoms in total. The van der Waals surface area contributed by atoms with Crippen molar-refractivity contribution in [2.75, 3.05) is 16.7 Å². The number of hydrogen-bond donors (Lipinski definition) is 1. The quantitative estimate of drug-likeness (QED) is 0.700. The molecule has 0 spiro atoms. The van der Waals surface area contributed by atoms with E-state index < -0.39 is 21.7 Å². The van der Waals surface area contributed by atoms with Crippen LogP contribution in [0.25, 0.3) is 0 Å². The second-order valence-electron chi connectivity index (χ2n) is 6.25. The molecule has 0 aliphatic rings. The minimum absolute atomic E-state index is 0.0340. The first kappa shape index (κ1) is 19.6. The van der Waals surface area contributed by atoms with E-state index in [1.807, 2.05) is 0 Å². The van der Waals surface area contributed by atoms with Crippen LogP contribution in [0.4, 0.5) is 15.8 Å². The van der Waals surface area contributed by atoms with Gasteiger partial charge in [-0.1, -0.05) is 30.3 Å². The SMILES string of the molecule is Cc1ccc(C(=O)Nc2cccc(S(=O)(=O)N(C)c3ccccc3)c2)cc1F. The fourth-order valence-corrected chi connectivity index (χ4v) is 3.85. The number of benzene rings is 3. The molecule has 0 bridgehead atoms. The Morgan fingerprint density at radius 3 is 2.36 bits per heavy atom. The van der Waals surface area contributed by atoms with Crippen molar-refractivity contribution in [1.82, 2.24) is 0 Å². The van der Waals surface area contributed by atoms with E-state index in [2.05, 4.69) is 5.32 Å². The molecule has 7 heteroatoms. The number of aryl methyl sites for hydroxylation is 1. The third-order valence-electron chi connectivity index (χ3n) is 4.30. The van der Waals surface area contributed by atoms with Crippen LogP contribution < -0.4 is 9.62 Å². The van der Waals surface area contributed by atoms with Crippen LogP contribution in [-0.4, -0.2) is 21.4 Å². The normalized spacial score (nSPS) is 11.1. The average molecular weight is 398 g/mol. The van der Waals surface area contributed by atoms with Crippen molar-refractivity contribution in [3.05, 3.63) is 89.7 Å². The number of sulfonamides is 1. The zero-order valence-corrected chi connectivity index (χ0v) is 16.2. The molecule has 0 fully saturated rings. The molecule has 1 N–H and O–H groups in total.